The van der Waals surface area contributed by atoms with E-state index in [0.29, 0.717) is 0 Å². The van der Waals surface area contributed by atoms with Gasteiger partial charge in [0, 0.05) is 19.4 Å². The Morgan fingerprint density at radius 2 is 1.40 bits per heavy atom. The van der Waals surface area contributed by atoms with E-state index in [4.69, 9.17) is 11.8 Å². The third kappa shape index (κ3) is 2.13. The number of hydrogen-bond acceptors (Lipinski definition) is 2. The Balaban J connectivity index is 2.30. The van der Waals surface area contributed by atoms with Crippen LogP contribution in [0, 0.1) is 0 Å². The maximum absolute atomic E-state index is 6.17. The molecule has 0 fully saturated rings. The molecule has 0 bridgehead atoms. The highest BCUT2D eigenvalue weighted by atomic mass is 32.4. The molecule has 0 aliphatic carbocycles. The van der Waals surface area contributed by atoms with E-state index in [1.807, 2.05) is 60.4 Å². The summed E-state index contributed by atoms with van der Waals surface area (Å²) in [5.41, 5.74) is 0.977. The summed E-state index contributed by atoms with van der Waals surface area (Å²) in [5.74, 6) is 0. The number of rotatable bonds is 3. The van der Waals surface area contributed by atoms with Crippen molar-refractivity contribution < 1.29 is 0 Å². The summed E-state index contributed by atoms with van der Waals surface area (Å²) in [4.78, 5) is 4.55. The average Bonchev–Trinajstić information content (AvgIpc) is 2.95. The van der Waals surface area contributed by atoms with Gasteiger partial charge in [-0.25, -0.2) is 4.98 Å². The molecular weight excluding hydrogens is 283 g/mol. The summed E-state index contributed by atoms with van der Waals surface area (Å²) in [6.07, 6.45) is 3.78. The number of aromatic nitrogens is 2. The predicted molar refractivity (Wildman–Crippen MR) is 89.3 cm³/mol. The fraction of sp³-hybridized carbons (Fsp3) is 0.0625. The second-order valence-corrected chi connectivity index (χ2v) is 8.91. The molecule has 0 saturated carbocycles. The van der Waals surface area contributed by atoms with Crippen LogP contribution in [0.2, 0.25) is 0 Å². The number of imidazole rings is 1. The van der Waals surface area contributed by atoms with Crippen molar-refractivity contribution in [2.75, 3.05) is 0 Å². The lowest BCUT2D eigenvalue weighted by atomic mass is 10.4. The maximum atomic E-state index is 6.17. The Morgan fingerprint density at radius 1 is 0.900 bits per heavy atom. The summed E-state index contributed by atoms with van der Waals surface area (Å²) < 4.78 is 2.04. The van der Waals surface area contributed by atoms with Crippen LogP contribution in [0.5, 0.6) is 0 Å². The van der Waals surface area contributed by atoms with Crippen LogP contribution < -0.4 is 16.2 Å². The van der Waals surface area contributed by atoms with E-state index < -0.39 is 6.04 Å². The van der Waals surface area contributed by atoms with Crippen LogP contribution in [0.1, 0.15) is 0 Å². The van der Waals surface area contributed by atoms with Gasteiger partial charge in [-0.05, 0) is 10.6 Å². The molecule has 1 heterocycles. The lowest BCUT2D eigenvalue weighted by molar-refractivity contribution is 0.952. The second-order valence-electron chi connectivity index (χ2n) is 4.62. The number of benzene rings is 2. The third-order valence-corrected chi connectivity index (χ3v) is 8.12. The van der Waals surface area contributed by atoms with E-state index in [2.05, 4.69) is 29.2 Å². The van der Waals surface area contributed by atoms with Gasteiger partial charge in [0.15, 0.2) is 0 Å². The fourth-order valence-corrected chi connectivity index (χ4v) is 6.26. The van der Waals surface area contributed by atoms with Crippen LogP contribution >= 0.6 is 6.04 Å². The largest absolute Gasteiger partial charge is 0.333 e. The van der Waals surface area contributed by atoms with E-state index in [1.165, 1.54) is 10.6 Å². The molecule has 0 atom stereocenters. The van der Waals surface area contributed by atoms with Crippen molar-refractivity contribution in [3.05, 3.63) is 73.1 Å². The fourth-order valence-electron chi connectivity index (χ4n) is 2.32. The molecule has 2 nitrogen and oxygen atoms in total. The monoisotopic (exact) mass is 298 g/mol. The molecule has 0 saturated heterocycles. The van der Waals surface area contributed by atoms with Crippen molar-refractivity contribution in [3.63, 3.8) is 0 Å². The molecule has 0 radical (unpaired) electrons. The molecule has 0 unspecified atom stereocenters. The highest BCUT2D eigenvalue weighted by Gasteiger charge is 2.28. The average molecular weight is 298 g/mol. The van der Waals surface area contributed by atoms with E-state index in [1.54, 1.807) is 0 Å². The van der Waals surface area contributed by atoms with Crippen LogP contribution in [0.15, 0.2) is 73.1 Å². The molecule has 0 aliphatic rings. The zero-order chi connectivity index (χ0) is 14.0. The molecule has 20 heavy (non-hydrogen) atoms. The first kappa shape index (κ1) is 13.3. The minimum Gasteiger partial charge on any atom is -0.333 e. The van der Waals surface area contributed by atoms with Gasteiger partial charge >= 0.3 is 0 Å². The normalized spacial score (nSPS) is 11.4. The number of hydrogen-bond donors (Lipinski definition) is 0. The van der Waals surface area contributed by atoms with Gasteiger partial charge in [-0.3, -0.25) is 0 Å². The Morgan fingerprint density at radius 3 is 1.80 bits per heavy atom. The topological polar surface area (TPSA) is 17.8 Å². The van der Waals surface area contributed by atoms with Gasteiger partial charge in [0.2, 0.25) is 0 Å². The highest BCUT2D eigenvalue weighted by Crippen LogP contribution is 2.41. The van der Waals surface area contributed by atoms with E-state index >= 15 is 0 Å². The van der Waals surface area contributed by atoms with Crippen LogP contribution in [0.3, 0.4) is 0 Å². The quantitative estimate of drug-likeness (QED) is 0.690. The summed E-state index contributed by atoms with van der Waals surface area (Å²) >= 11 is 6.17. The Bertz CT molecular complexity index is 707. The second kappa shape index (κ2) is 5.35. The highest BCUT2D eigenvalue weighted by molar-refractivity contribution is 8.25. The first-order valence-corrected chi connectivity index (χ1v) is 9.22. The summed E-state index contributed by atoms with van der Waals surface area (Å²) in [6, 6.07) is 18.6. The molecule has 0 amide bonds. The molecule has 4 heteroatoms. The van der Waals surface area contributed by atoms with Crippen molar-refractivity contribution >= 4 is 34.0 Å². The summed E-state index contributed by atoms with van der Waals surface area (Å²) in [6.45, 7) is 0. The van der Waals surface area contributed by atoms with Crippen molar-refractivity contribution in [3.8, 4) is 0 Å². The molecule has 3 aromatic rings. The van der Waals surface area contributed by atoms with Crippen molar-refractivity contribution in [1.82, 2.24) is 9.55 Å². The Hall–Kier alpha value is -1.70. The molecule has 1 aromatic heterocycles. The third-order valence-electron chi connectivity index (χ3n) is 3.32. The Labute approximate surface area is 124 Å². The molecule has 0 aliphatic heterocycles. The van der Waals surface area contributed by atoms with Crippen LogP contribution in [0.4, 0.5) is 0 Å². The van der Waals surface area contributed by atoms with E-state index in [9.17, 15) is 0 Å². The molecule has 3 rings (SSSR count). The van der Waals surface area contributed by atoms with Gasteiger partial charge in [-0.1, -0.05) is 72.5 Å². The van der Waals surface area contributed by atoms with Gasteiger partial charge in [0.05, 0.1) is 6.04 Å². The van der Waals surface area contributed by atoms with Crippen molar-refractivity contribution in [2.24, 2.45) is 7.05 Å². The zero-order valence-corrected chi connectivity index (χ0v) is 12.9. The van der Waals surface area contributed by atoms with Crippen molar-refractivity contribution in [2.45, 2.75) is 0 Å². The van der Waals surface area contributed by atoms with E-state index in [-0.39, 0.29) is 0 Å². The Kier molecular flexibility index (Phi) is 3.56. The first-order chi connectivity index (χ1) is 9.73. The number of nitrogens with zero attached hydrogens (tertiary/aromatic N) is 2. The van der Waals surface area contributed by atoms with Crippen LogP contribution in [-0.2, 0) is 18.9 Å². The van der Waals surface area contributed by atoms with Gasteiger partial charge < -0.3 is 4.57 Å². The lowest BCUT2D eigenvalue weighted by Crippen LogP contribution is -2.30. The lowest BCUT2D eigenvalue weighted by Gasteiger charge is -2.22. The number of aryl methyl sites for hydroxylation is 1. The van der Waals surface area contributed by atoms with Crippen LogP contribution in [0.25, 0.3) is 0 Å². The van der Waals surface area contributed by atoms with E-state index in [0.717, 1.165) is 5.57 Å². The summed E-state index contributed by atoms with van der Waals surface area (Å²) in [5, 5.41) is 2.35. The predicted octanol–water partition coefficient (Wildman–Crippen LogP) is 2.18. The molecule has 0 spiro atoms. The van der Waals surface area contributed by atoms with Gasteiger partial charge in [0.25, 0.3) is 0 Å². The molecule has 2 aromatic carbocycles. The van der Waals surface area contributed by atoms with Crippen LogP contribution in [-0.4, -0.2) is 9.55 Å². The molecular formula is C16H15N2PS. The minimum atomic E-state index is -2.08. The standard InChI is InChI=1S/C16H15N2PS/c1-18-13-12-17-16(18)19(20,14-8-4-2-5-9-14)15-10-6-3-7-11-15/h2-13H,1H3. The molecule has 0 N–H and O–H groups in total. The minimum absolute atomic E-state index is 0.977. The smallest absolute Gasteiger partial charge is 0.149 e. The van der Waals surface area contributed by atoms with Gasteiger partial charge in [-0.2, -0.15) is 0 Å². The first-order valence-electron chi connectivity index (χ1n) is 6.42. The molecule has 100 valence electrons. The summed E-state index contributed by atoms with van der Waals surface area (Å²) in [7, 11) is 2.01. The van der Waals surface area contributed by atoms with Gasteiger partial charge in [-0.15, -0.1) is 0 Å². The SMILES string of the molecule is Cn1ccnc1P(=S)(c1ccccc1)c1ccccc1. The van der Waals surface area contributed by atoms with Gasteiger partial charge in [0.1, 0.15) is 5.57 Å². The van der Waals surface area contributed by atoms with Crippen molar-refractivity contribution in [1.29, 1.82) is 0 Å². The maximum Gasteiger partial charge on any atom is 0.149 e. The zero-order valence-electron chi connectivity index (χ0n) is 11.2.